The fourth-order valence-corrected chi connectivity index (χ4v) is 2.75. The molecule has 0 aromatic carbocycles. The van der Waals surface area contributed by atoms with Crippen LogP contribution in [0.5, 0.6) is 5.75 Å². The molecule has 1 saturated heterocycles. The summed E-state index contributed by atoms with van der Waals surface area (Å²) in [5, 5.41) is 0. The number of methoxy groups -OCH3 is 1. The van der Waals surface area contributed by atoms with Crippen molar-refractivity contribution in [2.75, 3.05) is 20.2 Å². The Morgan fingerprint density at radius 1 is 1.58 bits per heavy atom. The number of hydrogen-bond donors (Lipinski definition) is 1. The van der Waals surface area contributed by atoms with Crippen LogP contribution in [0.2, 0.25) is 0 Å². The van der Waals surface area contributed by atoms with Crippen LogP contribution in [0.4, 0.5) is 0 Å². The van der Waals surface area contributed by atoms with E-state index in [-0.39, 0.29) is 0 Å². The average molecular weight is 279 g/mol. The Morgan fingerprint density at radius 3 is 3.05 bits per heavy atom. The number of thiocarbonyl (C=S) groups is 1. The summed E-state index contributed by atoms with van der Waals surface area (Å²) < 4.78 is 5.28. The van der Waals surface area contributed by atoms with Gasteiger partial charge in [0.05, 0.1) is 17.8 Å². The van der Waals surface area contributed by atoms with E-state index >= 15 is 0 Å². The number of ether oxygens (including phenoxy) is 1. The summed E-state index contributed by atoms with van der Waals surface area (Å²) in [6.45, 7) is 4.83. The van der Waals surface area contributed by atoms with Gasteiger partial charge in [0.2, 0.25) is 0 Å². The summed E-state index contributed by atoms with van der Waals surface area (Å²) >= 11 is 5.11. The van der Waals surface area contributed by atoms with Gasteiger partial charge < -0.3 is 10.5 Å². The van der Waals surface area contributed by atoms with Gasteiger partial charge in [-0.25, -0.2) is 0 Å². The van der Waals surface area contributed by atoms with Crippen LogP contribution in [0.1, 0.15) is 24.2 Å². The van der Waals surface area contributed by atoms with Crippen molar-refractivity contribution in [1.29, 1.82) is 0 Å². The van der Waals surface area contributed by atoms with Gasteiger partial charge in [-0.1, -0.05) is 12.2 Å². The van der Waals surface area contributed by atoms with Crippen LogP contribution >= 0.6 is 12.2 Å². The number of nitrogens with zero attached hydrogens (tertiary/aromatic N) is 2. The maximum atomic E-state index is 5.76. The SMILES string of the molecule is COc1cc(C)nc(CN2CCCC(C(N)=S)C2)c1. The van der Waals surface area contributed by atoms with Crippen molar-refractivity contribution in [2.24, 2.45) is 11.7 Å². The largest absolute Gasteiger partial charge is 0.497 e. The molecule has 0 spiro atoms. The molecule has 2 rings (SSSR count). The van der Waals surface area contributed by atoms with Gasteiger partial charge in [-0.05, 0) is 26.3 Å². The molecule has 1 aromatic heterocycles. The van der Waals surface area contributed by atoms with E-state index in [9.17, 15) is 0 Å². The van der Waals surface area contributed by atoms with Crippen LogP contribution in [-0.2, 0) is 6.54 Å². The Morgan fingerprint density at radius 2 is 2.37 bits per heavy atom. The minimum absolute atomic E-state index is 0.343. The Hall–Kier alpha value is -1.20. The maximum absolute atomic E-state index is 5.76. The molecule has 0 bridgehead atoms. The van der Waals surface area contributed by atoms with Crippen molar-refractivity contribution in [3.05, 3.63) is 23.5 Å². The quantitative estimate of drug-likeness (QED) is 0.853. The van der Waals surface area contributed by atoms with Gasteiger partial charge in [0.1, 0.15) is 5.75 Å². The van der Waals surface area contributed by atoms with Gasteiger partial charge in [-0.15, -0.1) is 0 Å². The van der Waals surface area contributed by atoms with Crippen LogP contribution < -0.4 is 10.5 Å². The molecule has 1 atom stereocenters. The van der Waals surface area contributed by atoms with Crippen molar-refractivity contribution in [3.8, 4) is 5.75 Å². The van der Waals surface area contributed by atoms with Crippen molar-refractivity contribution in [1.82, 2.24) is 9.88 Å². The summed E-state index contributed by atoms with van der Waals surface area (Å²) in [4.78, 5) is 7.57. The first kappa shape index (κ1) is 14.2. The Balaban J connectivity index is 2.04. The zero-order valence-electron chi connectivity index (χ0n) is 11.6. The van der Waals surface area contributed by atoms with Gasteiger partial charge in [0.25, 0.3) is 0 Å². The third-order valence-electron chi connectivity index (χ3n) is 3.51. The third kappa shape index (κ3) is 3.88. The molecule has 19 heavy (non-hydrogen) atoms. The third-order valence-corrected chi connectivity index (χ3v) is 3.84. The van der Waals surface area contributed by atoms with E-state index < -0.39 is 0 Å². The highest BCUT2D eigenvalue weighted by molar-refractivity contribution is 7.80. The first-order valence-electron chi connectivity index (χ1n) is 6.61. The number of likely N-dealkylation sites (tertiary alicyclic amines) is 1. The van der Waals surface area contributed by atoms with E-state index in [1.54, 1.807) is 7.11 Å². The maximum Gasteiger partial charge on any atom is 0.122 e. The zero-order chi connectivity index (χ0) is 13.8. The molecular formula is C14H21N3OS. The van der Waals surface area contributed by atoms with Gasteiger partial charge in [0, 0.05) is 36.8 Å². The first-order chi connectivity index (χ1) is 9.08. The summed E-state index contributed by atoms with van der Waals surface area (Å²) in [6.07, 6.45) is 2.25. The minimum Gasteiger partial charge on any atom is -0.497 e. The van der Waals surface area contributed by atoms with E-state index in [0.29, 0.717) is 10.9 Å². The van der Waals surface area contributed by atoms with Crippen molar-refractivity contribution < 1.29 is 4.74 Å². The number of aromatic nitrogens is 1. The fourth-order valence-electron chi connectivity index (χ4n) is 2.56. The lowest BCUT2D eigenvalue weighted by Gasteiger charge is -2.31. The van der Waals surface area contributed by atoms with Crippen molar-refractivity contribution in [2.45, 2.75) is 26.3 Å². The molecule has 1 aliphatic rings. The molecule has 1 aliphatic heterocycles. The number of pyridine rings is 1. The molecule has 2 heterocycles. The van der Waals surface area contributed by atoms with E-state index in [4.69, 9.17) is 22.7 Å². The van der Waals surface area contributed by atoms with Crippen LogP contribution in [0.15, 0.2) is 12.1 Å². The molecule has 0 amide bonds. The molecule has 0 aliphatic carbocycles. The molecule has 0 radical (unpaired) electrons. The molecule has 1 unspecified atom stereocenters. The standard InChI is InChI=1S/C14H21N3OS/c1-10-6-13(18-2)7-12(16-10)9-17-5-3-4-11(8-17)14(15)19/h6-7,11H,3-5,8-9H2,1-2H3,(H2,15,19). The molecule has 5 heteroatoms. The van der Waals surface area contributed by atoms with Gasteiger partial charge >= 0.3 is 0 Å². The summed E-state index contributed by atoms with van der Waals surface area (Å²) in [7, 11) is 1.68. The Bertz CT molecular complexity index is 464. The number of aryl methyl sites for hydroxylation is 1. The van der Waals surface area contributed by atoms with Gasteiger partial charge in [-0.3, -0.25) is 9.88 Å². The highest BCUT2D eigenvalue weighted by atomic mass is 32.1. The van der Waals surface area contributed by atoms with Gasteiger partial charge in [0.15, 0.2) is 0 Å². The highest BCUT2D eigenvalue weighted by Crippen LogP contribution is 2.20. The van der Waals surface area contributed by atoms with Gasteiger partial charge in [-0.2, -0.15) is 0 Å². The fraction of sp³-hybridized carbons (Fsp3) is 0.571. The van der Waals surface area contributed by atoms with E-state index in [2.05, 4.69) is 9.88 Å². The normalized spacial score (nSPS) is 20.2. The van der Waals surface area contributed by atoms with E-state index in [1.807, 2.05) is 19.1 Å². The molecule has 0 saturated carbocycles. The molecule has 1 aromatic rings. The average Bonchev–Trinajstić information content (AvgIpc) is 2.38. The molecular weight excluding hydrogens is 258 g/mol. The zero-order valence-corrected chi connectivity index (χ0v) is 12.4. The van der Waals surface area contributed by atoms with E-state index in [1.165, 1.54) is 0 Å². The second kappa shape index (κ2) is 6.30. The van der Waals surface area contributed by atoms with Crippen LogP contribution in [0.3, 0.4) is 0 Å². The van der Waals surface area contributed by atoms with E-state index in [0.717, 1.165) is 49.6 Å². The minimum atomic E-state index is 0.343. The summed E-state index contributed by atoms with van der Waals surface area (Å²) in [5.41, 5.74) is 7.79. The number of rotatable bonds is 4. The second-order valence-electron chi connectivity index (χ2n) is 5.12. The lowest BCUT2D eigenvalue weighted by atomic mass is 9.98. The molecule has 104 valence electrons. The predicted octanol–water partition coefficient (Wildman–Crippen LogP) is 1.90. The molecule has 1 fully saturated rings. The Kier molecular flexibility index (Phi) is 4.71. The molecule has 4 nitrogen and oxygen atoms in total. The topological polar surface area (TPSA) is 51.4 Å². The van der Waals surface area contributed by atoms with Crippen LogP contribution in [0.25, 0.3) is 0 Å². The van der Waals surface area contributed by atoms with Crippen molar-refractivity contribution >= 4 is 17.2 Å². The second-order valence-corrected chi connectivity index (χ2v) is 5.59. The van der Waals surface area contributed by atoms with Crippen molar-refractivity contribution in [3.63, 3.8) is 0 Å². The smallest absolute Gasteiger partial charge is 0.122 e. The number of nitrogens with two attached hydrogens (primary N) is 1. The highest BCUT2D eigenvalue weighted by Gasteiger charge is 2.22. The monoisotopic (exact) mass is 279 g/mol. The summed E-state index contributed by atoms with van der Waals surface area (Å²) in [6, 6.07) is 3.94. The lowest BCUT2D eigenvalue weighted by Crippen LogP contribution is -2.40. The molecule has 2 N–H and O–H groups in total. The van der Waals surface area contributed by atoms with Crippen LogP contribution in [-0.4, -0.2) is 35.1 Å². The Labute approximate surface area is 120 Å². The first-order valence-corrected chi connectivity index (χ1v) is 7.02. The number of piperidine rings is 1. The summed E-state index contributed by atoms with van der Waals surface area (Å²) in [5.74, 6) is 1.21. The number of hydrogen-bond acceptors (Lipinski definition) is 4. The lowest BCUT2D eigenvalue weighted by molar-refractivity contribution is 0.195. The van der Waals surface area contributed by atoms with Crippen LogP contribution in [0, 0.1) is 12.8 Å². The predicted molar refractivity (Wildman–Crippen MR) is 80.3 cm³/mol.